The first-order valence-electron chi connectivity index (χ1n) is 8.89. The molecule has 0 radical (unpaired) electrons. The second-order valence-corrected chi connectivity index (χ2v) is 6.60. The van der Waals surface area contributed by atoms with Gasteiger partial charge in [-0.25, -0.2) is 4.98 Å². The van der Waals surface area contributed by atoms with Crippen molar-refractivity contribution < 1.29 is 4.92 Å². The lowest BCUT2D eigenvalue weighted by molar-refractivity contribution is -0.384. The van der Waals surface area contributed by atoms with Gasteiger partial charge in [-0.2, -0.15) is 4.52 Å². The van der Waals surface area contributed by atoms with Crippen molar-refractivity contribution in [2.24, 2.45) is 0 Å². The highest BCUT2D eigenvalue weighted by molar-refractivity contribution is 5.82. The molecule has 10 heteroatoms. The fourth-order valence-electron chi connectivity index (χ4n) is 3.44. The van der Waals surface area contributed by atoms with Crippen molar-refractivity contribution in [2.75, 3.05) is 36.0 Å². The van der Waals surface area contributed by atoms with Crippen LogP contribution in [0.25, 0.3) is 16.6 Å². The molecule has 5 rings (SSSR count). The lowest BCUT2D eigenvalue weighted by Gasteiger charge is -2.36. The Kier molecular flexibility index (Phi) is 3.75. The molecule has 0 saturated carbocycles. The normalized spacial score (nSPS) is 14.7. The maximum Gasteiger partial charge on any atom is 0.270 e. The zero-order valence-electron chi connectivity index (χ0n) is 14.8. The summed E-state index contributed by atoms with van der Waals surface area (Å²) >= 11 is 0. The number of aromatic nitrogens is 5. The molecule has 28 heavy (non-hydrogen) atoms. The van der Waals surface area contributed by atoms with Crippen LogP contribution in [0.5, 0.6) is 0 Å². The van der Waals surface area contributed by atoms with Gasteiger partial charge in [0, 0.05) is 43.7 Å². The third-order valence-corrected chi connectivity index (χ3v) is 4.94. The molecule has 4 aromatic rings. The Morgan fingerprint density at radius 3 is 2.46 bits per heavy atom. The second kappa shape index (κ2) is 6.41. The summed E-state index contributed by atoms with van der Waals surface area (Å²) in [6.45, 7) is 3.27. The molecule has 1 fully saturated rings. The smallest absolute Gasteiger partial charge is 0.270 e. The molecule has 4 heterocycles. The van der Waals surface area contributed by atoms with E-state index in [4.69, 9.17) is 0 Å². The maximum absolute atomic E-state index is 10.9. The Hall–Kier alpha value is -3.82. The number of nitro groups is 1. The van der Waals surface area contributed by atoms with E-state index in [9.17, 15) is 10.1 Å². The Balaban J connectivity index is 1.33. The minimum Gasteiger partial charge on any atom is -0.353 e. The second-order valence-electron chi connectivity index (χ2n) is 6.60. The largest absolute Gasteiger partial charge is 0.353 e. The third-order valence-electron chi connectivity index (χ3n) is 4.94. The topological polar surface area (TPSA) is 106 Å². The minimum absolute atomic E-state index is 0.0771. The first-order chi connectivity index (χ1) is 13.7. The van der Waals surface area contributed by atoms with E-state index in [0.717, 1.165) is 54.4 Å². The van der Waals surface area contributed by atoms with E-state index in [1.807, 2.05) is 24.3 Å². The third kappa shape index (κ3) is 2.84. The standard InChI is InChI=1S/C18H16N8O2/c27-26(28)14-2-3-15-13(11-14)1-4-16(20-15)23-7-9-24(10-8-23)18-6-5-17-21-19-12-25(17)22-18/h1-6,11-12H,7-10H2. The molecule has 0 unspecified atom stereocenters. The predicted octanol–water partition coefficient (Wildman–Crippen LogP) is 1.91. The van der Waals surface area contributed by atoms with Gasteiger partial charge >= 0.3 is 0 Å². The number of rotatable bonds is 3. The molecule has 1 saturated heterocycles. The number of anilines is 2. The van der Waals surface area contributed by atoms with Crippen LogP contribution in [0.1, 0.15) is 0 Å². The van der Waals surface area contributed by atoms with Gasteiger partial charge in [0.05, 0.1) is 10.4 Å². The first kappa shape index (κ1) is 16.4. The maximum atomic E-state index is 10.9. The van der Waals surface area contributed by atoms with Crippen molar-refractivity contribution in [3.05, 3.63) is 58.9 Å². The van der Waals surface area contributed by atoms with Crippen LogP contribution < -0.4 is 9.80 Å². The van der Waals surface area contributed by atoms with E-state index in [2.05, 4.69) is 30.1 Å². The fraction of sp³-hybridized carbons (Fsp3) is 0.222. The van der Waals surface area contributed by atoms with Crippen molar-refractivity contribution >= 4 is 33.9 Å². The van der Waals surface area contributed by atoms with Crippen LogP contribution >= 0.6 is 0 Å². The van der Waals surface area contributed by atoms with Crippen LogP contribution in [0.4, 0.5) is 17.3 Å². The summed E-state index contributed by atoms with van der Waals surface area (Å²) in [4.78, 5) is 19.7. The number of benzene rings is 1. The molecule has 1 aromatic carbocycles. The quantitative estimate of drug-likeness (QED) is 0.394. The molecule has 0 N–H and O–H groups in total. The van der Waals surface area contributed by atoms with Crippen molar-refractivity contribution in [3.8, 4) is 0 Å². The Bertz CT molecular complexity index is 1180. The average molecular weight is 376 g/mol. The van der Waals surface area contributed by atoms with E-state index in [1.54, 1.807) is 23.0 Å². The van der Waals surface area contributed by atoms with Crippen LogP contribution in [0.3, 0.4) is 0 Å². The number of nitrogens with zero attached hydrogens (tertiary/aromatic N) is 8. The predicted molar refractivity (Wildman–Crippen MR) is 104 cm³/mol. The van der Waals surface area contributed by atoms with Gasteiger partial charge in [-0.15, -0.1) is 15.3 Å². The SMILES string of the molecule is O=[N+]([O-])c1ccc2nc(N3CCN(c4ccc5nncn5n4)CC3)ccc2c1. The molecule has 0 spiro atoms. The van der Waals surface area contributed by atoms with Gasteiger partial charge in [-0.05, 0) is 30.3 Å². The molecule has 140 valence electrons. The minimum atomic E-state index is -0.391. The van der Waals surface area contributed by atoms with Gasteiger partial charge < -0.3 is 9.80 Å². The van der Waals surface area contributed by atoms with E-state index < -0.39 is 4.92 Å². The van der Waals surface area contributed by atoms with Gasteiger partial charge in [0.25, 0.3) is 5.69 Å². The number of nitro benzene ring substituents is 1. The van der Waals surface area contributed by atoms with Crippen LogP contribution in [-0.2, 0) is 0 Å². The molecule has 3 aromatic heterocycles. The number of fused-ring (bicyclic) bond motifs is 2. The molecule has 1 aliphatic rings. The molecular formula is C18H16N8O2. The molecule has 0 atom stereocenters. The summed E-state index contributed by atoms with van der Waals surface area (Å²) in [7, 11) is 0. The van der Waals surface area contributed by atoms with Crippen LogP contribution in [0, 0.1) is 10.1 Å². The molecule has 0 aliphatic carbocycles. The van der Waals surface area contributed by atoms with E-state index >= 15 is 0 Å². The number of piperazine rings is 1. The van der Waals surface area contributed by atoms with Crippen molar-refractivity contribution in [1.82, 2.24) is 24.8 Å². The zero-order valence-corrected chi connectivity index (χ0v) is 14.8. The summed E-state index contributed by atoms with van der Waals surface area (Å²) in [6, 6.07) is 12.4. The van der Waals surface area contributed by atoms with Crippen LogP contribution in [0.15, 0.2) is 48.8 Å². The average Bonchev–Trinajstić information content (AvgIpc) is 3.21. The summed E-state index contributed by atoms with van der Waals surface area (Å²) in [6.07, 6.45) is 1.60. The zero-order chi connectivity index (χ0) is 19.1. The lowest BCUT2D eigenvalue weighted by atomic mass is 10.2. The summed E-state index contributed by atoms with van der Waals surface area (Å²) < 4.78 is 1.67. The molecule has 10 nitrogen and oxygen atoms in total. The van der Waals surface area contributed by atoms with Crippen LogP contribution in [0.2, 0.25) is 0 Å². The number of non-ortho nitro benzene ring substituents is 1. The van der Waals surface area contributed by atoms with Gasteiger partial charge in [-0.1, -0.05) is 0 Å². The van der Waals surface area contributed by atoms with E-state index in [0.29, 0.717) is 0 Å². The molecule has 0 bridgehead atoms. The van der Waals surface area contributed by atoms with Crippen molar-refractivity contribution in [3.63, 3.8) is 0 Å². The van der Waals surface area contributed by atoms with E-state index in [1.165, 1.54) is 6.07 Å². The monoisotopic (exact) mass is 376 g/mol. The Morgan fingerprint density at radius 2 is 1.68 bits per heavy atom. The molecule has 1 aliphatic heterocycles. The van der Waals surface area contributed by atoms with Crippen molar-refractivity contribution in [2.45, 2.75) is 0 Å². The number of hydrogen-bond donors (Lipinski definition) is 0. The number of hydrogen-bond acceptors (Lipinski definition) is 8. The Labute approximate surface area is 159 Å². The number of pyridine rings is 1. The van der Waals surface area contributed by atoms with Gasteiger partial charge in [0.15, 0.2) is 5.65 Å². The fourth-order valence-corrected chi connectivity index (χ4v) is 3.44. The summed E-state index contributed by atoms with van der Waals surface area (Å²) in [5.41, 5.74) is 1.56. The summed E-state index contributed by atoms with van der Waals surface area (Å²) in [5, 5.41) is 24.1. The van der Waals surface area contributed by atoms with Gasteiger partial charge in [-0.3, -0.25) is 10.1 Å². The first-order valence-corrected chi connectivity index (χ1v) is 8.89. The van der Waals surface area contributed by atoms with Gasteiger partial charge in [0.1, 0.15) is 18.0 Å². The molecule has 0 amide bonds. The van der Waals surface area contributed by atoms with Crippen LogP contribution in [-0.4, -0.2) is 55.9 Å². The van der Waals surface area contributed by atoms with Crippen molar-refractivity contribution in [1.29, 1.82) is 0 Å². The Morgan fingerprint density at radius 1 is 0.929 bits per heavy atom. The lowest BCUT2D eigenvalue weighted by Crippen LogP contribution is -2.47. The van der Waals surface area contributed by atoms with Gasteiger partial charge in [0.2, 0.25) is 0 Å². The summed E-state index contributed by atoms with van der Waals surface area (Å²) in [5.74, 6) is 1.77. The highest BCUT2D eigenvalue weighted by Crippen LogP contribution is 2.24. The van der Waals surface area contributed by atoms with E-state index in [-0.39, 0.29) is 5.69 Å². The highest BCUT2D eigenvalue weighted by Gasteiger charge is 2.20. The molecular weight excluding hydrogens is 360 g/mol. The highest BCUT2D eigenvalue weighted by atomic mass is 16.6.